The average Bonchev–Trinajstić information content (AvgIpc) is 3.10. The summed E-state index contributed by atoms with van der Waals surface area (Å²) in [5, 5.41) is 6.45. The molecule has 0 unspecified atom stereocenters. The zero-order valence-corrected chi connectivity index (χ0v) is 19.3. The minimum absolute atomic E-state index is 0.163. The van der Waals surface area contributed by atoms with Crippen LogP contribution < -0.4 is 10.6 Å². The Kier molecular flexibility index (Phi) is 6.56. The highest BCUT2D eigenvalue weighted by atomic mass is 127. The van der Waals surface area contributed by atoms with Crippen molar-refractivity contribution in [3.05, 3.63) is 72.9 Å². The first-order valence-corrected chi connectivity index (χ1v) is 10.4. The van der Waals surface area contributed by atoms with E-state index in [1.807, 2.05) is 37.3 Å². The Labute approximate surface area is 188 Å². The quantitative estimate of drug-likeness (QED) is 0.280. The number of carbonyl (C=O) groups excluding carboxylic acids is 1. The van der Waals surface area contributed by atoms with E-state index in [4.69, 9.17) is 28.2 Å². The highest BCUT2D eigenvalue weighted by Gasteiger charge is 2.15. The van der Waals surface area contributed by atoms with Crippen molar-refractivity contribution in [2.75, 3.05) is 5.32 Å². The molecule has 138 valence electrons. The molecule has 0 aliphatic carbocycles. The summed E-state index contributed by atoms with van der Waals surface area (Å²) >= 11 is 17.0. The van der Waals surface area contributed by atoms with Crippen LogP contribution in [0, 0.1) is 10.5 Å². The van der Waals surface area contributed by atoms with Crippen LogP contribution in [0.4, 0.5) is 5.69 Å². The Morgan fingerprint density at radius 2 is 1.96 bits per heavy atom. The average molecular weight is 576 g/mol. The minimum Gasteiger partial charge on any atom is -0.451 e. The second kappa shape index (κ2) is 8.72. The van der Waals surface area contributed by atoms with Crippen molar-refractivity contribution in [1.82, 2.24) is 5.32 Å². The van der Waals surface area contributed by atoms with Crippen LogP contribution in [-0.4, -0.2) is 11.0 Å². The highest BCUT2D eigenvalue weighted by Crippen LogP contribution is 2.27. The van der Waals surface area contributed by atoms with E-state index >= 15 is 0 Å². The summed E-state index contributed by atoms with van der Waals surface area (Å²) in [6.45, 7) is 1.92. The maximum Gasteiger partial charge on any atom is 0.293 e. The SMILES string of the molecule is Cc1ccc(-c2ccc(C(=O)NC(=S)Nc3ccc(Br)cc3I)o2)cc1Cl. The van der Waals surface area contributed by atoms with Gasteiger partial charge in [-0.15, -0.1) is 0 Å². The van der Waals surface area contributed by atoms with Gasteiger partial charge in [0.05, 0.1) is 5.69 Å². The number of thiocarbonyl (C=S) groups is 1. The van der Waals surface area contributed by atoms with Crippen LogP contribution in [0.1, 0.15) is 16.1 Å². The number of nitrogens with one attached hydrogen (secondary N) is 2. The molecule has 0 saturated heterocycles. The molecule has 1 amide bonds. The summed E-state index contributed by atoms with van der Waals surface area (Å²) in [4.78, 5) is 12.4. The summed E-state index contributed by atoms with van der Waals surface area (Å²) < 4.78 is 7.58. The van der Waals surface area contributed by atoms with Gasteiger partial charge in [-0.25, -0.2) is 0 Å². The number of hydrogen-bond donors (Lipinski definition) is 2. The van der Waals surface area contributed by atoms with Gasteiger partial charge in [-0.05, 0) is 83.7 Å². The maximum atomic E-state index is 12.4. The molecule has 0 bridgehead atoms. The first-order chi connectivity index (χ1) is 12.8. The topological polar surface area (TPSA) is 54.3 Å². The zero-order chi connectivity index (χ0) is 19.6. The van der Waals surface area contributed by atoms with Crippen molar-refractivity contribution in [1.29, 1.82) is 0 Å². The highest BCUT2D eigenvalue weighted by molar-refractivity contribution is 14.1. The van der Waals surface area contributed by atoms with Gasteiger partial charge in [0.15, 0.2) is 10.9 Å². The molecule has 8 heteroatoms. The van der Waals surface area contributed by atoms with E-state index in [0.717, 1.165) is 24.9 Å². The van der Waals surface area contributed by atoms with Crippen LogP contribution in [0.2, 0.25) is 5.02 Å². The smallest absolute Gasteiger partial charge is 0.293 e. The molecular weight excluding hydrogens is 563 g/mol. The fraction of sp³-hybridized carbons (Fsp3) is 0.0526. The lowest BCUT2D eigenvalue weighted by atomic mass is 10.1. The number of rotatable bonds is 3. The normalized spacial score (nSPS) is 10.5. The number of anilines is 1. The third-order valence-electron chi connectivity index (χ3n) is 3.69. The van der Waals surface area contributed by atoms with Gasteiger partial charge in [-0.2, -0.15) is 0 Å². The van der Waals surface area contributed by atoms with Crippen LogP contribution >= 0.6 is 62.3 Å². The van der Waals surface area contributed by atoms with Crippen molar-refractivity contribution in [3.8, 4) is 11.3 Å². The monoisotopic (exact) mass is 574 g/mol. The number of aryl methyl sites for hydroxylation is 1. The van der Waals surface area contributed by atoms with Gasteiger partial charge in [-0.3, -0.25) is 10.1 Å². The van der Waals surface area contributed by atoms with E-state index < -0.39 is 5.91 Å². The van der Waals surface area contributed by atoms with E-state index in [9.17, 15) is 4.79 Å². The van der Waals surface area contributed by atoms with E-state index in [1.165, 1.54) is 0 Å². The number of carbonyl (C=O) groups is 1. The largest absolute Gasteiger partial charge is 0.451 e. The number of benzene rings is 2. The number of amides is 1. The Bertz CT molecular complexity index is 1040. The molecule has 0 aliphatic rings. The Morgan fingerprint density at radius 3 is 2.67 bits per heavy atom. The van der Waals surface area contributed by atoms with Crippen molar-refractivity contribution in [3.63, 3.8) is 0 Å². The van der Waals surface area contributed by atoms with Crippen LogP contribution in [0.5, 0.6) is 0 Å². The fourth-order valence-corrected chi connectivity index (χ4v) is 4.09. The molecule has 1 aromatic heterocycles. The van der Waals surface area contributed by atoms with Crippen LogP contribution in [0.3, 0.4) is 0 Å². The van der Waals surface area contributed by atoms with Crippen LogP contribution in [0.25, 0.3) is 11.3 Å². The predicted octanol–water partition coefficient (Wildman–Crippen LogP) is 6.40. The lowest BCUT2D eigenvalue weighted by Gasteiger charge is -2.10. The third-order valence-corrected chi connectivity index (χ3v) is 5.69. The fourth-order valence-electron chi connectivity index (χ4n) is 2.27. The second-order valence-electron chi connectivity index (χ2n) is 5.66. The molecule has 0 saturated carbocycles. The summed E-state index contributed by atoms with van der Waals surface area (Å²) in [7, 11) is 0. The molecule has 27 heavy (non-hydrogen) atoms. The van der Waals surface area contributed by atoms with Gasteiger partial charge in [-0.1, -0.05) is 39.7 Å². The van der Waals surface area contributed by atoms with Gasteiger partial charge in [0.25, 0.3) is 5.91 Å². The summed E-state index contributed by atoms with van der Waals surface area (Å²) in [6.07, 6.45) is 0. The molecule has 4 nitrogen and oxygen atoms in total. The molecule has 3 aromatic rings. The van der Waals surface area contributed by atoms with Crippen molar-refractivity contribution in [2.24, 2.45) is 0 Å². The second-order valence-corrected chi connectivity index (χ2v) is 8.55. The Balaban J connectivity index is 1.68. The van der Waals surface area contributed by atoms with Gasteiger partial charge >= 0.3 is 0 Å². The molecule has 0 radical (unpaired) electrons. The Morgan fingerprint density at radius 1 is 1.19 bits per heavy atom. The molecule has 0 atom stereocenters. The van der Waals surface area contributed by atoms with Crippen molar-refractivity contribution >= 4 is 79.0 Å². The van der Waals surface area contributed by atoms with Crippen molar-refractivity contribution < 1.29 is 9.21 Å². The molecule has 0 spiro atoms. The van der Waals surface area contributed by atoms with Gasteiger partial charge in [0, 0.05) is 18.6 Å². The van der Waals surface area contributed by atoms with Gasteiger partial charge in [0.2, 0.25) is 0 Å². The number of halogens is 3. The minimum atomic E-state index is -0.427. The molecule has 1 heterocycles. The van der Waals surface area contributed by atoms with E-state index in [-0.39, 0.29) is 10.9 Å². The molecular formula is C19H13BrClIN2O2S. The Hall–Kier alpha value is -1.42. The van der Waals surface area contributed by atoms with Gasteiger partial charge in [0.1, 0.15) is 5.76 Å². The summed E-state index contributed by atoms with van der Waals surface area (Å²) in [6, 6.07) is 14.6. The molecule has 0 fully saturated rings. The number of hydrogen-bond acceptors (Lipinski definition) is 3. The van der Waals surface area contributed by atoms with Crippen LogP contribution in [-0.2, 0) is 0 Å². The number of furan rings is 1. The van der Waals surface area contributed by atoms with E-state index in [0.29, 0.717) is 10.8 Å². The van der Waals surface area contributed by atoms with E-state index in [1.54, 1.807) is 18.2 Å². The first-order valence-electron chi connectivity index (χ1n) is 7.77. The van der Waals surface area contributed by atoms with E-state index in [2.05, 4.69) is 49.2 Å². The predicted molar refractivity (Wildman–Crippen MR) is 124 cm³/mol. The molecule has 2 aromatic carbocycles. The molecule has 2 N–H and O–H groups in total. The lowest BCUT2D eigenvalue weighted by Crippen LogP contribution is -2.34. The lowest BCUT2D eigenvalue weighted by molar-refractivity contribution is 0.0951. The zero-order valence-electron chi connectivity index (χ0n) is 14.0. The maximum absolute atomic E-state index is 12.4. The third kappa shape index (κ3) is 5.10. The summed E-state index contributed by atoms with van der Waals surface area (Å²) in [5.74, 6) is 0.295. The van der Waals surface area contributed by atoms with Gasteiger partial charge < -0.3 is 9.73 Å². The summed E-state index contributed by atoms with van der Waals surface area (Å²) in [5.41, 5.74) is 2.58. The van der Waals surface area contributed by atoms with Crippen molar-refractivity contribution in [2.45, 2.75) is 6.92 Å². The first kappa shape index (κ1) is 20.3. The van der Waals surface area contributed by atoms with Crippen LogP contribution in [0.15, 0.2) is 57.4 Å². The molecule has 0 aliphatic heterocycles. The standard InChI is InChI=1S/C19H13BrClIN2O2S/c1-10-2-3-11(8-13(10)21)16-6-7-17(26-16)18(25)24-19(27)23-15-5-4-12(20)9-14(15)22/h2-9H,1H3,(H2,23,24,25,27). The molecule has 3 rings (SSSR count).